The molecule has 0 atom stereocenters. The first kappa shape index (κ1) is 15.2. The van der Waals surface area contributed by atoms with Crippen molar-refractivity contribution in [3.05, 3.63) is 48.3 Å². The van der Waals surface area contributed by atoms with Crippen molar-refractivity contribution in [1.82, 2.24) is 14.8 Å². The first-order valence-corrected chi connectivity index (χ1v) is 7.89. The van der Waals surface area contributed by atoms with Gasteiger partial charge in [-0.2, -0.15) is 5.10 Å². The molecule has 0 aliphatic carbocycles. The summed E-state index contributed by atoms with van der Waals surface area (Å²) < 4.78 is 1.83. The van der Waals surface area contributed by atoms with E-state index in [4.69, 9.17) is 0 Å². The zero-order chi connectivity index (χ0) is 16.2. The summed E-state index contributed by atoms with van der Waals surface area (Å²) in [6, 6.07) is 11.8. The van der Waals surface area contributed by atoms with Gasteiger partial charge in [0.2, 0.25) is 5.91 Å². The van der Waals surface area contributed by atoms with Crippen molar-refractivity contribution >= 4 is 22.6 Å². The largest absolute Gasteiger partial charge is 0.325 e. The molecule has 0 spiro atoms. The average Bonchev–Trinajstić information content (AvgIpc) is 2.90. The minimum Gasteiger partial charge on any atom is -0.325 e. The normalized spacial score (nSPS) is 10.9. The van der Waals surface area contributed by atoms with E-state index < -0.39 is 0 Å². The van der Waals surface area contributed by atoms with E-state index in [9.17, 15) is 4.79 Å². The Labute approximate surface area is 135 Å². The number of pyridine rings is 1. The average molecular weight is 308 g/mol. The molecular formula is C18H20N4O. The summed E-state index contributed by atoms with van der Waals surface area (Å²) in [5.41, 5.74) is 3.37. The number of nitrogens with one attached hydrogen (secondary N) is 1. The van der Waals surface area contributed by atoms with Crippen LogP contribution in [-0.2, 0) is 4.79 Å². The van der Waals surface area contributed by atoms with Crippen LogP contribution < -0.4 is 5.32 Å². The number of rotatable bonds is 5. The molecule has 0 radical (unpaired) electrons. The molecule has 2 aromatic heterocycles. The summed E-state index contributed by atoms with van der Waals surface area (Å²) in [6.45, 7) is 4.02. The third-order valence-electron chi connectivity index (χ3n) is 3.75. The molecule has 1 N–H and O–H groups in total. The van der Waals surface area contributed by atoms with Gasteiger partial charge in [-0.3, -0.25) is 4.79 Å². The molecule has 0 saturated carbocycles. The van der Waals surface area contributed by atoms with Crippen molar-refractivity contribution < 1.29 is 4.79 Å². The van der Waals surface area contributed by atoms with E-state index in [1.807, 2.05) is 48.0 Å². The van der Waals surface area contributed by atoms with Gasteiger partial charge in [0, 0.05) is 11.8 Å². The van der Waals surface area contributed by atoms with Crippen molar-refractivity contribution in [3.8, 4) is 5.69 Å². The zero-order valence-electron chi connectivity index (χ0n) is 13.4. The number of amides is 1. The predicted molar refractivity (Wildman–Crippen MR) is 91.8 cm³/mol. The number of benzene rings is 1. The molecule has 1 amide bonds. The van der Waals surface area contributed by atoms with Gasteiger partial charge in [-0.1, -0.05) is 31.5 Å². The molecule has 2 heterocycles. The van der Waals surface area contributed by atoms with Crippen LogP contribution >= 0.6 is 0 Å². The minimum atomic E-state index is 0.0288. The van der Waals surface area contributed by atoms with Crippen molar-refractivity contribution in [2.24, 2.45) is 0 Å². The van der Waals surface area contributed by atoms with Crippen LogP contribution in [-0.4, -0.2) is 20.7 Å². The fraction of sp³-hybridized carbons (Fsp3) is 0.278. The predicted octanol–water partition coefficient (Wildman–Crippen LogP) is 3.86. The maximum Gasteiger partial charge on any atom is 0.224 e. The van der Waals surface area contributed by atoms with Crippen LogP contribution in [0.25, 0.3) is 16.7 Å². The van der Waals surface area contributed by atoms with Crippen LogP contribution in [0, 0.1) is 6.92 Å². The third kappa shape index (κ3) is 3.23. The molecular weight excluding hydrogens is 288 g/mol. The number of fused-ring (bicyclic) bond motifs is 1. The molecule has 23 heavy (non-hydrogen) atoms. The highest BCUT2D eigenvalue weighted by Gasteiger charge is 2.11. The van der Waals surface area contributed by atoms with Gasteiger partial charge in [0.05, 0.1) is 23.3 Å². The Hall–Kier alpha value is -2.69. The molecule has 0 fully saturated rings. The summed E-state index contributed by atoms with van der Waals surface area (Å²) >= 11 is 0. The number of carbonyl (C=O) groups excluding carboxylic acids is 1. The van der Waals surface area contributed by atoms with Gasteiger partial charge < -0.3 is 5.32 Å². The van der Waals surface area contributed by atoms with E-state index in [1.165, 1.54) is 0 Å². The number of carbonyl (C=O) groups is 1. The van der Waals surface area contributed by atoms with E-state index >= 15 is 0 Å². The molecule has 5 heteroatoms. The standard InChI is InChI=1S/C18H20N4O/c1-3-4-10-17(23)20-14-11-16-13(2)21-22(18(16)19-12-14)15-8-6-5-7-9-15/h5-9,11-12H,3-4,10H2,1-2H3,(H,20,23). The summed E-state index contributed by atoms with van der Waals surface area (Å²) in [5, 5.41) is 8.42. The Morgan fingerprint density at radius 3 is 2.78 bits per heavy atom. The van der Waals surface area contributed by atoms with E-state index in [0.29, 0.717) is 12.1 Å². The van der Waals surface area contributed by atoms with E-state index in [2.05, 4.69) is 22.3 Å². The maximum atomic E-state index is 11.9. The quantitative estimate of drug-likeness (QED) is 0.778. The second kappa shape index (κ2) is 6.60. The summed E-state index contributed by atoms with van der Waals surface area (Å²) in [7, 11) is 0. The molecule has 3 rings (SSSR count). The van der Waals surface area contributed by atoms with Crippen LogP contribution in [0.5, 0.6) is 0 Å². The molecule has 118 valence electrons. The molecule has 1 aromatic carbocycles. The monoisotopic (exact) mass is 308 g/mol. The van der Waals surface area contributed by atoms with Crippen molar-refractivity contribution in [2.75, 3.05) is 5.32 Å². The van der Waals surface area contributed by atoms with Crippen LogP contribution in [0.2, 0.25) is 0 Å². The number of hydrogen-bond acceptors (Lipinski definition) is 3. The van der Waals surface area contributed by atoms with E-state index in [-0.39, 0.29) is 5.91 Å². The SMILES string of the molecule is CCCCC(=O)Nc1cnc2c(c1)c(C)nn2-c1ccccc1. The number of aryl methyl sites for hydroxylation is 1. The lowest BCUT2D eigenvalue weighted by Crippen LogP contribution is -2.11. The molecule has 5 nitrogen and oxygen atoms in total. The highest BCUT2D eigenvalue weighted by Crippen LogP contribution is 2.23. The Morgan fingerprint density at radius 1 is 1.26 bits per heavy atom. The summed E-state index contributed by atoms with van der Waals surface area (Å²) in [6.07, 6.45) is 4.13. The second-order valence-electron chi connectivity index (χ2n) is 5.58. The van der Waals surface area contributed by atoms with Crippen LogP contribution in [0.3, 0.4) is 0 Å². The lowest BCUT2D eigenvalue weighted by molar-refractivity contribution is -0.116. The van der Waals surface area contributed by atoms with Crippen LogP contribution in [0.15, 0.2) is 42.6 Å². The second-order valence-corrected chi connectivity index (χ2v) is 5.58. The van der Waals surface area contributed by atoms with Crippen LogP contribution in [0.4, 0.5) is 5.69 Å². The van der Waals surface area contributed by atoms with Crippen molar-refractivity contribution in [2.45, 2.75) is 33.1 Å². The zero-order valence-corrected chi connectivity index (χ0v) is 13.4. The van der Waals surface area contributed by atoms with Gasteiger partial charge in [0.15, 0.2) is 5.65 Å². The Balaban J connectivity index is 1.92. The van der Waals surface area contributed by atoms with Gasteiger partial charge in [-0.05, 0) is 31.5 Å². The molecule has 0 saturated heterocycles. The van der Waals surface area contributed by atoms with E-state index in [0.717, 1.165) is 35.3 Å². The van der Waals surface area contributed by atoms with Gasteiger partial charge in [-0.15, -0.1) is 0 Å². The van der Waals surface area contributed by atoms with Gasteiger partial charge in [0.25, 0.3) is 0 Å². The minimum absolute atomic E-state index is 0.0288. The Bertz CT molecular complexity index is 824. The highest BCUT2D eigenvalue weighted by atomic mass is 16.1. The maximum absolute atomic E-state index is 11.9. The smallest absolute Gasteiger partial charge is 0.224 e. The third-order valence-corrected chi connectivity index (χ3v) is 3.75. The number of unbranched alkanes of at least 4 members (excludes halogenated alkanes) is 1. The fourth-order valence-electron chi connectivity index (χ4n) is 2.52. The lowest BCUT2D eigenvalue weighted by atomic mass is 10.2. The first-order chi connectivity index (χ1) is 11.2. The molecule has 0 aliphatic heterocycles. The number of para-hydroxylation sites is 1. The fourth-order valence-corrected chi connectivity index (χ4v) is 2.52. The number of anilines is 1. The number of hydrogen-bond donors (Lipinski definition) is 1. The van der Waals surface area contributed by atoms with E-state index in [1.54, 1.807) is 6.20 Å². The van der Waals surface area contributed by atoms with Crippen molar-refractivity contribution in [1.29, 1.82) is 0 Å². The topological polar surface area (TPSA) is 59.8 Å². The Morgan fingerprint density at radius 2 is 2.04 bits per heavy atom. The highest BCUT2D eigenvalue weighted by molar-refractivity contribution is 5.93. The van der Waals surface area contributed by atoms with Crippen molar-refractivity contribution in [3.63, 3.8) is 0 Å². The van der Waals surface area contributed by atoms with Gasteiger partial charge in [-0.25, -0.2) is 9.67 Å². The molecule has 0 unspecified atom stereocenters. The van der Waals surface area contributed by atoms with Gasteiger partial charge in [0.1, 0.15) is 0 Å². The van der Waals surface area contributed by atoms with Crippen LogP contribution in [0.1, 0.15) is 31.9 Å². The number of nitrogens with zero attached hydrogens (tertiary/aromatic N) is 3. The molecule has 0 aliphatic rings. The number of aromatic nitrogens is 3. The first-order valence-electron chi connectivity index (χ1n) is 7.89. The summed E-state index contributed by atoms with van der Waals surface area (Å²) in [5.74, 6) is 0.0288. The molecule has 3 aromatic rings. The lowest BCUT2D eigenvalue weighted by Gasteiger charge is -2.05. The summed E-state index contributed by atoms with van der Waals surface area (Å²) in [4.78, 5) is 16.4. The van der Waals surface area contributed by atoms with Gasteiger partial charge >= 0.3 is 0 Å². The Kier molecular flexibility index (Phi) is 4.37. The molecule has 0 bridgehead atoms.